The number of carbonyl (C=O) groups excluding carboxylic acids is 1. The summed E-state index contributed by atoms with van der Waals surface area (Å²) >= 11 is 0. The van der Waals surface area contributed by atoms with E-state index in [2.05, 4.69) is 155 Å². The molecule has 1 radical (unpaired) electrons. The molecule has 369 valence electrons. The second-order valence-corrected chi connectivity index (χ2v) is 20.7. The van der Waals surface area contributed by atoms with E-state index in [1.54, 1.807) is 0 Å². The van der Waals surface area contributed by atoms with Crippen molar-refractivity contribution in [3.05, 3.63) is 155 Å². The minimum absolute atomic E-state index is 0. The number of benzene rings is 5. The number of allylic oxidation sites excluding steroid dienone is 2. The molecule has 3 heterocycles. The van der Waals surface area contributed by atoms with Crippen molar-refractivity contribution in [2.24, 2.45) is 23.8 Å². The Morgan fingerprint density at radius 3 is 2.11 bits per heavy atom. The van der Waals surface area contributed by atoms with Crippen LogP contribution in [0.1, 0.15) is 140 Å². The molecular formula is C64H75IrN3O2-2. The van der Waals surface area contributed by atoms with Crippen LogP contribution in [0.4, 0.5) is 0 Å². The Bertz CT molecular complexity index is 3100. The molecule has 9 rings (SSSR count). The minimum atomic E-state index is -0.337. The predicted octanol–water partition coefficient (Wildman–Crippen LogP) is 17.5. The zero-order chi connectivity index (χ0) is 49.6. The molecule has 1 N–H and O–H groups in total. The van der Waals surface area contributed by atoms with Crippen molar-refractivity contribution >= 4 is 49.3 Å². The van der Waals surface area contributed by atoms with Crippen molar-refractivity contribution in [1.29, 1.82) is 0 Å². The molecule has 8 aromatic rings. The van der Waals surface area contributed by atoms with E-state index in [0.29, 0.717) is 5.92 Å². The van der Waals surface area contributed by atoms with Gasteiger partial charge in [-0.25, -0.2) is 0 Å². The first kappa shape index (κ1) is 53.9. The van der Waals surface area contributed by atoms with E-state index in [9.17, 15) is 9.90 Å². The van der Waals surface area contributed by atoms with Crippen LogP contribution in [0.2, 0.25) is 0 Å². The zero-order valence-electron chi connectivity index (χ0n) is 43.9. The summed E-state index contributed by atoms with van der Waals surface area (Å²) in [5.74, 6) is 1.66. The molecular weight excluding hydrogens is 1030 g/mol. The van der Waals surface area contributed by atoms with Crippen molar-refractivity contribution in [3.63, 3.8) is 0 Å². The number of nitrogens with zero attached hydrogens (tertiary/aromatic N) is 3. The fourth-order valence-corrected chi connectivity index (χ4v) is 10.2. The van der Waals surface area contributed by atoms with E-state index >= 15 is 0 Å². The van der Waals surface area contributed by atoms with Crippen molar-refractivity contribution in [1.82, 2.24) is 14.5 Å². The number of aliphatic hydroxyl groups is 1. The third-order valence-corrected chi connectivity index (χ3v) is 15.4. The van der Waals surface area contributed by atoms with Gasteiger partial charge in [0.15, 0.2) is 5.78 Å². The van der Waals surface area contributed by atoms with E-state index in [4.69, 9.17) is 9.97 Å². The van der Waals surface area contributed by atoms with Gasteiger partial charge in [0, 0.05) is 61.2 Å². The molecule has 0 aliphatic heterocycles. The van der Waals surface area contributed by atoms with Crippen molar-refractivity contribution in [2.75, 3.05) is 0 Å². The zero-order valence-corrected chi connectivity index (χ0v) is 46.3. The molecule has 0 atom stereocenters. The maximum Gasteiger partial charge on any atom is 0.164 e. The molecule has 1 aliphatic rings. The van der Waals surface area contributed by atoms with Crippen molar-refractivity contribution < 1.29 is 30.0 Å². The van der Waals surface area contributed by atoms with Gasteiger partial charge in [-0.05, 0) is 119 Å². The normalized spacial score (nSPS) is 13.4. The summed E-state index contributed by atoms with van der Waals surface area (Å²) in [4.78, 5) is 21.9. The molecule has 5 nitrogen and oxygen atoms in total. The molecule has 6 heteroatoms. The smallest absolute Gasteiger partial charge is 0.164 e. The Balaban J connectivity index is 0.000000180. The van der Waals surface area contributed by atoms with Gasteiger partial charge in [-0.2, -0.15) is 0 Å². The van der Waals surface area contributed by atoms with Gasteiger partial charge in [-0.3, -0.25) is 9.78 Å². The number of aliphatic hydroxyl groups excluding tert-OH is 1. The maximum absolute atomic E-state index is 12.2. The van der Waals surface area contributed by atoms with Crippen molar-refractivity contribution in [2.45, 2.75) is 140 Å². The summed E-state index contributed by atoms with van der Waals surface area (Å²) in [6, 6.07) is 42.2. The number of ketones is 1. The molecule has 70 heavy (non-hydrogen) atoms. The van der Waals surface area contributed by atoms with Crippen molar-refractivity contribution in [3.8, 4) is 22.5 Å². The summed E-state index contributed by atoms with van der Waals surface area (Å²) in [6.45, 7) is 22.9. The van der Waals surface area contributed by atoms with Gasteiger partial charge in [0.1, 0.15) is 5.76 Å². The van der Waals surface area contributed by atoms with Crippen LogP contribution < -0.4 is 0 Å². The van der Waals surface area contributed by atoms with E-state index in [1.165, 1.54) is 86.4 Å². The third kappa shape index (κ3) is 11.7. The predicted molar refractivity (Wildman–Crippen MR) is 293 cm³/mol. The van der Waals surface area contributed by atoms with Crippen LogP contribution in [-0.2, 0) is 38.4 Å². The third-order valence-electron chi connectivity index (χ3n) is 15.4. The number of pyridine rings is 2. The summed E-state index contributed by atoms with van der Waals surface area (Å²) in [6.07, 6.45) is 13.2. The SMILES string of the molecule is CCC(C)(CC)C(=O)/C=C(\O)C(C)(CC)CC.Cc1[c-]c(-c2ccc3c(CC(C)C)cccc3n2)cc(C)c1.Cc1[c-]c(-c2nccc3cc(C4CCCC4)ccc23)c2c(c1)c1ccccc1n2C.[Ir]. The average Bonchev–Trinajstić information content (AvgIpc) is 3.99. The first-order valence-electron chi connectivity index (χ1n) is 25.7. The Labute approximate surface area is 432 Å². The molecule has 5 aromatic carbocycles. The Hall–Kier alpha value is -5.42. The van der Waals surface area contributed by atoms with Gasteiger partial charge < -0.3 is 14.7 Å². The molecule has 0 saturated heterocycles. The number of carbonyl (C=O) groups is 1. The minimum Gasteiger partial charge on any atom is -0.512 e. The summed E-state index contributed by atoms with van der Waals surface area (Å²) in [5.41, 5.74) is 13.6. The van der Waals surface area contributed by atoms with Gasteiger partial charge in [-0.15, -0.1) is 58.1 Å². The first-order chi connectivity index (χ1) is 33.0. The number of hydrogen-bond acceptors (Lipinski definition) is 4. The van der Waals surface area contributed by atoms with Gasteiger partial charge in [-0.1, -0.05) is 155 Å². The standard InChI is InChI=1S/C28H25N2.C21H22N.C15H28O2.Ir/c1-18-15-24-23-9-5-6-10-26(23)30(2)28(24)25(16-18)27-22-12-11-20(19-7-3-4-8-19)17-21(22)13-14-29-27;1-14(2)10-17-6-5-7-21-19(17)8-9-20(22-21)18-12-15(3)11-16(4)13-18;1-7-14(5,8-2)12(16)11-13(17)15(6,9-3)10-4;/h5-6,9-15,17,19H,3-4,7-8H2,1-2H3;5-9,11-12,14H,10H2,1-4H3;11,16H,7-10H2,1-6H3;/q2*-1;;/b;;12-11-;. The summed E-state index contributed by atoms with van der Waals surface area (Å²) in [5, 5.41) is 16.5. The molecule has 0 amide bonds. The molecule has 1 fully saturated rings. The largest absolute Gasteiger partial charge is 0.512 e. The van der Waals surface area contributed by atoms with Gasteiger partial charge in [0.2, 0.25) is 0 Å². The molecule has 0 spiro atoms. The Morgan fingerprint density at radius 2 is 1.44 bits per heavy atom. The van der Waals surface area contributed by atoms with Crippen LogP contribution in [-0.4, -0.2) is 25.4 Å². The fraction of sp³-hybridized carbons (Fsp3) is 0.391. The number of fused-ring (bicyclic) bond motifs is 5. The van der Waals surface area contributed by atoms with E-state index in [0.717, 1.165) is 77.2 Å². The van der Waals surface area contributed by atoms with Crippen LogP contribution >= 0.6 is 0 Å². The number of para-hydroxylation sites is 1. The van der Waals surface area contributed by atoms with Gasteiger partial charge in [0.05, 0.1) is 5.52 Å². The van der Waals surface area contributed by atoms with Crippen LogP contribution in [0, 0.1) is 49.7 Å². The second kappa shape index (κ2) is 23.2. The van der Waals surface area contributed by atoms with E-state index in [-0.39, 0.29) is 42.5 Å². The molecule has 0 bridgehead atoms. The van der Waals surface area contributed by atoms with E-state index < -0.39 is 0 Å². The average molecular weight is 1110 g/mol. The molecule has 1 saturated carbocycles. The second-order valence-electron chi connectivity index (χ2n) is 20.7. The fourth-order valence-electron chi connectivity index (χ4n) is 10.2. The van der Waals surface area contributed by atoms with Crippen LogP contribution in [0.25, 0.3) is 66.0 Å². The molecule has 3 aromatic heterocycles. The van der Waals surface area contributed by atoms with Crippen LogP contribution in [0.5, 0.6) is 0 Å². The van der Waals surface area contributed by atoms with Gasteiger partial charge in [0.25, 0.3) is 0 Å². The summed E-state index contributed by atoms with van der Waals surface area (Å²) < 4.78 is 2.29. The quantitative estimate of drug-likeness (QED) is 0.0752. The Morgan fingerprint density at radius 1 is 0.771 bits per heavy atom. The topological polar surface area (TPSA) is 68.0 Å². The Kier molecular flexibility index (Phi) is 17.9. The summed E-state index contributed by atoms with van der Waals surface area (Å²) in [7, 11) is 2.15. The number of aromatic nitrogens is 3. The molecule has 0 unspecified atom stereocenters. The van der Waals surface area contributed by atoms with Gasteiger partial charge >= 0.3 is 0 Å². The number of aryl methyl sites for hydroxylation is 4. The first-order valence-corrected chi connectivity index (χ1v) is 25.7. The number of hydrogen-bond donors (Lipinski definition) is 1. The van der Waals surface area contributed by atoms with Crippen LogP contribution in [0.3, 0.4) is 0 Å². The monoisotopic (exact) mass is 1110 g/mol. The number of rotatable bonds is 12. The van der Waals surface area contributed by atoms with Crippen LogP contribution in [0.15, 0.2) is 115 Å². The molecule has 1 aliphatic carbocycles. The maximum atomic E-state index is 12.2. The van der Waals surface area contributed by atoms with E-state index in [1.807, 2.05) is 47.7 Å².